The fourth-order valence-electron chi connectivity index (χ4n) is 0.827. The molecule has 15 heavy (non-hydrogen) atoms. The lowest BCUT2D eigenvalue weighted by molar-refractivity contribution is -0.671. The predicted octanol–water partition coefficient (Wildman–Crippen LogP) is -4.98. The highest BCUT2D eigenvalue weighted by Gasteiger charge is 1.78. The van der Waals surface area contributed by atoms with Gasteiger partial charge >= 0.3 is 0 Å². The van der Waals surface area contributed by atoms with E-state index in [1.54, 1.807) is 0 Å². The Morgan fingerprint density at radius 2 is 1.20 bits per heavy atom. The molecule has 0 radical (unpaired) electrons. The summed E-state index contributed by atoms with van der Waals surface area (Å²) >= 11 is 0. The zero-order valence-electron chi connectivity index (χ0n) is 8.48. The van der Waals surface area contributed by atoms with Crippen LogP contribution < -0.4 is 57.5 Å². The van der Waals surface area contributed by atoms with Crippen molar-refractivity contribution in [2.75, 3.05) is 0 Å². The number of nitrogens with zero attached hydrogens (tertiary/aromatic N) is 1. The molecule has 2 heterocycles. The van der Waals surface area contributed by atoms with Gasteiger partial charge in [0.2, 0.25) is 0 Å². The molecule has 0 bridgehead atoms. The van der Waals surface area contributed by atoms with Crippen LogP contribution in [0.2, 0.25) is 0 Å². The molecular formula is C11H14I2N2. The van der Waals surface area contributed by atoms with Gasteiger partial charge in [-0.05, 0) is 0 Å². The van der Waals surface area contributed by atoms with Crippen molar-refractivity contribution >= 4 is 0 Å². The van der Waals surface area contributed by atoms with Crippen LogP contribution >= 0.6 is 0 Å². The third-order valence-corrected chi connectivity index (χ3v) is 1.47. The molecule has 2 nitrogen and oxygen atoms in total. The summed E-state index contributed by atoms with van der Waals surface area (Å²) < 4.78 is 2.00. The number of aromatic nitrogens is 2. The molecule has 0 aliphatic carbocycles. The number of hydrogen-bond acceptors (Lipinski definition) is 0. The average Bonchev–Trinajstić information content (AvgIpc) is 2.22. The highest BCUT2D eigenvalue weighted by atomic mass is 127. The van der Waals surface area contributed by atoms with Crippen molar-refractivity contribution in [3.63, 3.8) is 0 Å². The van der Waals surface area contributed by atoms with Crippen LogP contribution in [0, 0.1) is 0 Å². The van der Waals surface area contributed by atoms with E-state index in [1.165, 1.54) is 0 Å². The molecule has 0 fully saturated rings. The predicted molar refractivity (Wildman–Crippen MR) is 50.6 cm³/mol. The second-order valence-corrected chi connectivity index (χ2v) is 2.62. The molecule has 0 aromatic carbocycles. The van der Waals surface area contributed by atoms with E-state index < -0.39 is 0 Å². The van der Waals surface area contributed by atoms with E-state index in [2.05, 4.69) is 4.98 Å². The first-order chi connectivity index (χ1) is 6.39. The van der Waals surface area contributed by atoms with Crippen LogP contribution in [-0.4, -0.2) is 0 Å². The second-order valence-electron chi connectivity index (χ2n) is 2.62. The Morgan fingerprint density at radius 1 is 0.733 bits per heavy atom. The molecule has 2 aromatic rings. The van der Waals surface area contributed by atoms with E-state index in [4.69, 9.17) is 0 Å². The van der Waals surface area contributed by atoms with Crippen molar-refractivity contribution in [1.29, 1.82) is 0 Å². The van der Waals surface area contributed by atoms with Gasteiger partial charge in [0.25, 0.3) is 0 Å². The van der Waals surface area contributed by atoms with Gasteiger partial charge in [-0.3, -0.25) is 0 Å². The van der Waals surface area contributed by atoms with Gasteiger partial charge in [0.1, 0.15) is 7.05 Å². The van der Waals surface area contributed by atoms with Crippen LogP contribution in [0.15, 0.2) is 61.2 Å². The van der Waals surface area contributed by atoms with E-state index in [1.807, 2.05) is 72.8 Å². The van der Waals surface area contributed by atoms with Crippen molar-refractivity contribution in [3.8, 4) is 0 Å². The van der Waals surface area contributed by atoms with Gasteiger partial charge in [-0.25, -0.2) is 9.55 Å². The molecule has 0 saturated carbocycles. The maximum atomic E-state index is 2.89. The summed E-state index contributed by atoms with van der Waals surface area (Å²) in [6.45, 7) is 0. The lowest BCUT2D eigenvalue weighted by Gasteiger charge is -1.77. The largest absolute Gasteiger partial charge is 1.00 e. The Bertz CT molecular complexity index is 287. The number of rotatable bonds is 0. The highest BCUT2D eigenvalue weighted by Crippen LogP contribution is 1.71. The molecule has 0 saturated heterocycles. The minimum Gasteiger partial charge on any atom is -1.00 e. The van der Waals surface area contributed by atoms with Crippen molar-refractivity contribution in [1.82, 2.24) is 0 Å². The second kappa shape index (κ2) is 11.8. The van der Waals surface area contributed by atoms with Crippen molar-refractivity contribution < 1.29 is 57.5 Å². The molecule has 0 aliphatic rings. The third kappa shape index (κ3) is 10.1. The lowest BCUT2D eigenvalue weighted by atomic mass is 10.5. The first-order valence-electron chi connectivity index (χ1n) is 4.21. The first-order valence-corrected chi connectivity index (χ1v) is 4.21. The molecular weight excluding hydrogens is 414 g/mol. The molecule has 0 amide bonds. The maximum absolute atomic E-state index is 2.89. The van der Waals surface area contributed by atoms with E-state index in [9.17, 15) is 0 Å². The van der Waals surface area contributed by atoms with Crippen LogP contribution in [-0.2, 0) is 7.05 Å². The van der Waals surface area contributed by atoms with Crippen molar-refractivity contribution in [3.05, 3.63) is 61.2 Å². The van der Waals surface area contributed by atoms with Crippen LogP contribution in [0.5, 0.6) is 0 Å². The lowest BCUT2D eigenvalue weighted by Crippen LogP contribution is -3.00. The Labute approximate surface area is 125 Å². The zero-order chi connectivity index (χ0) is 9.36. The average molecular weight is 428 g/mol. The molecule has 0 atom stereocenters. The number of H-pyrrole nitrogens is 1. The Balaban J connectivity index is 0. The number of nitrogens with one attached hydrogen (secondary N) is 1. The van der Waals surface area contributed by atoms with Crippen LogP contribution in [0.25, 0.3) is 0 Å². The quantitative estimate of drug-likeness (QED) is 0.296. The number of pyridine rings is 2. The molecule has 0 spiro atoms. The van der Waals surface area contributed by atoms with E-state index in [-0.39, 0.29) is 48.0 Å². The Morgan fingerprint density at radius 3 is 1.40 bits per heavy atom. The van der Waals surface area contributed by atoms with E-state index >= 15 is 0 Å². The number of hydrogen-bond donors (Lipinski definition) is 0. The topological polar surface area (TPSA) is 18.0 Å². The summed E-state index contributed by atoms with van der Waals surface area (Å²) in [4.78, 5) is 2.89. The van der Waals surface area contributed by atoms with Gasteiger partial charge in [0.05, 0.1) is 0 Å². The first kappa shape index (κ1) is 17.2. The minimum atomic E-state index is 0. The maximum Gasteiger partial charge on any atom is 0.168 e. The smallest absolute Gasteiger partial charge is 0.168 e. The van der Waals surface area contributed by atoms with E-state index in [0.717, 1.165) is 0 Å². The fourth-order valence-corrected chi connectivity index (χ4v) is 0.827. The molecule has 82 valence electrons. The molecule has 2 aromatic heterocycles. The summed E-state index contributed by atoms with van der Waals surface area (Å²) in [5, 5.41) is 0. The van der Waals surface area contributed by atoms with Gasteiger partial charge in [0, 0.05) is 24.3 Å². The summed E-state index contributed by atoms with van der Waals surface area (Å²) in [5.41, 5.74) is 0. The van der Waals surface area contributed by atoms with Crippen molar-refractivity contribution in [2.24, 2.45) is 7.05 Å². The standard InChI is InChI=1S/C6H8N.C5H5N.2HI/c1-7-5-3-2-4-6-7;1-2-4-6-5-3-1;;/h2-6H,1H3;1-5H;2*1H/q+1;;;/p-1. The van der Waals surface area contributed by atoms with Gasteiger partial charge < -0.3 is 48.0 Å². The minimum absolute atomic E-state index is 0. The number of halogens is 2. The van der Waals surface area contributed by atoms with Gasteiger partial charge in [-0.15, -0.1) is 0 Å². The van der Waals surface area contributed by atoms with Gasteiger partial charge in [-0.2, -0.15) is 0 Å². The molecule has 4 heteroatoms. The number of aryl methyl sites for hydroxylation is 1. The summed E-state index contributed by atoms with van der Waals surface area (Å²) in [5.74, 6) is 0. The highest BCUT2D eigenvalue weighted by molar-refractivity contribution is 4.83. The van der Waals surface area contributed by atoms with Crippen LogP contribution in [0.3, 0.4) is 0 Å². The normalized spacial score (nSPS) is 7.27. The zero-order valence-corrected chi connectivity index (χ0v) is 12.8. The molecule has 0 aliphatic heterocycles. The van der Waals surface area contributed by atoms with Gasteiger partial charge in [0.15, 0.2) is 24.8 Å². The van der Waals surface area contributed by atoms with Crippen LogP contribution in [0.4, 0.5) is 0 Å². The molecule has 0 unspecified atom stereocenters. The number of aromatic amines is 1. The molecule has 2 rings (SSSR count). The summed E-state index contributed by atoms with van der Waals surface area (Å²) in [6.07, 6.45) is 7.75. The fraction of sp³-hybridized carbons (Fsp3) is 0.0909. The van der Waals surface area contributed by atoms with E-state index in [0.29, 0.717) is 0 Å². The summed E-state index contributed by atoms with van der Waals surface area (Å²) in [7, 11) is 2.00. The molecule has 1 N–H and O–H groups in total. The van der Waals surface area contributed by atoms with Gasteiger partial charge in [-0.1, -0.05) is 12.1 Å². The third-order valence-electron chi connectivity index (χ3n) is 1.47. The van der Waals surface area contributed by atoms with Crippen molar-refractivity contribution in [2.45, 2.75) is 0 Å². The SMILES string of the molecule is C[n+]1ccccc1.[I-].[I-].c1cc[nH+]cc1. The Hall–Kier alpha value is -0.240. The Kier molecular flexibility index (Phi) is 13.5. The van der Waals surface area contributed by atoms with Crippen LogP contribution in [0.1, 0.15) is 0 Å². The monoisotopic (exact) mass is 428 g/mol. The summed E-state index contributed by atoms with van der Waals surface area (Å²) in [6, 6.07) is 11.9.